The largest absolute Gasteiger partial charge is 0.450 e. The van der Waals surface area contributed by atoms with Crippen molar-refractivity contribution in [2.45, 2.75) is 25.8 Å². The SMILES string of the molecule is CCOC(=O)N(C)CC(=O)NC1CC1. The topological polar surface area (TPSA) is 58.6 Å². The quantitative estimate of drug-likeness (QED) is 0.712. The lowest BCUT2D eigenvalue weighted by atomic mass is 10.5. The molecule has 1 N–H and O–H groups in total. The fourth-order valence-corrected chi connectivity index (χ4v) is 1.01. The van der Waals surface area contributed by atoms with Crippen LogP contribution in [0.5, 0.6) is 0 Å². The van der Waals surface area contributed by atoms with Crippen LogP contribution in [-0.2, 0) is 9.53 Å². The molecule has 1 fully saturated rings. The van der Waals surface area contributed by atoms with E-state index in [-0.39, 0.29) is 12.5 Å². The molecule has 14 heavy (non-hydrogen) atoms. The number of nitrogens with zero attached hydrogens (tertiary/aromatic N) is 1. The molecular formula is C9H16N2O3. The third-order valence-corrected chi connectivity index (χ3v) is 1.90. The fourth-order valence-electron chi connectivity index (χ4n) is 1.01. The van der Waals surface area contributed by atoms with E-state index >= 15 is 0 Å². The van der Waals surface area contributed by atoms with Gasteiger partial charge in [0.15, 0.2) is 0 Å². The standard InChI is InChI=1S/C9H16N2O3/c1-3-14-9(13)11(2)6-8(12)10-7-4-5-7/h7H,3-6H2,1-2H3,(H,10,12). The Labute approximate surface area is 83.4 Å². The Morgan fingerprint density at radius 1 is 1.50 bits per heavy atom. The van der Waals surface area contributed by atoms with Gasteiger partial charge in [-0.3, -0.25) is 4.79 Å². The first-order valence-corrected chi connectivity index (χ1v) is 4.80. The van der Waals surface area contributed by atoms with E-state index in [0.717, 1.165) is 12.8 Å². The first-order valence-electron chi connectivity index (χ1n) is 4.80. The Balaban J connectivity index is 2.20. The van der Waals surface area contributed by atoms with Crippen molar-refractivity contribution in [3.8, 4) is 0 Å². The summed E-state index contributed by atoms with van der Waals surface area (Å²) in [6.45, 7) is 2.12. The Hall–Kier alpha value is -1.26. The molecule has 5 nitrogen and oxygen atoms in total. The number of amides is 2. The van der Waals surface area contributed by atoms with Gasteiger partial charge in [-0.05, 0) is 19.8 Å². The van der Waals surface area contributed by atoms with Crippen molar-refractivity contribution in [1.82, 2.24) is 10.2 Å². The van der Waals surface area contributed by atoms with Gasteiger partial charge >= 0.3 is 6.09 Å². The van der Waals surface area contributed by atoms with E-state index < -0.39 is 6.09 Å². The molecule has 1 saturated carbocycles. The highest BCUT2D eigenvalue weighted by molar-refractivity contribution is 5.82. The van der Waals surface area contributed by atoms with Gasteiger partial charge in [0.2, 0.25) is 5.91 Å². The van der Waals surface area contributed by atoms with Crippen molar-refractivity contribution in [3.63, 3.8) is 0 Å². The smallest absolute Gasteiger partial charge is 0.409 e. The predicted molar refractivity (Wildman–Crippen MR) is 50.8 cm³/mol. The van der Waals surface area contributed by atoms with Gasteiger partial charge in [-0.25, -0.2) is 4.79 Å². The molecule has 0 heterocycles. The van der Waals surface area contributed by atoms with Crippen LogP contribution in [0.2, 0.25) is 0 Å². The third kappa shape index (κ3) is 3.64. The number of hydrogen-bond acceptors (Lipinski definition) is 3. The summed E-state index contributed by atoms with van der Waals surface area (Å²) in [4.78, 5) is 23.6. The lowest BCUT2D eigenvalue weighted by Gasteiger charge is -2.15. The summed E-state index contributed by atoms with van der Waals surface area (Å²) in [6, 6.07) is 0.332. The summed E-state index contributed by atoms with van der Waals surface area (Å²) in [5.74, 6) is -0.122. The molecule has 0 bridgehead atoms. The number of carbonyl (C=O) groups is 2. The Morgan fingerprint density at radius 3 is 2.64 bits per heavy atom. The first kappa shape index (κ1) is 10.8. The van der Waals surface area contributed by atoms with Crippen LogP contribution in [-0.4, -0.2) is 43.1 Å². The van der Waals surface area contributed by atoms with Gasteiger partial charge in [0.1, 0.15) is 6.54 Å². The molecule has 0 unspecified atom stereocenters. The second-order valence-electron chi connectivity index (χ2n) is 3.40. The molecule has 1 aliphatic carbocycles. The van der Waals surface area contributed by atoms with E-state index in [9.17, 15) is 9.59 Å². The monoisotopic (exact) mass is 200 g/mol. The number of carbonyl (C=O) groups excluding carboxylic acids is 2. The second-order valence-corrected chi connectivity index (χ2v) is 3.40. The van der Waals surface area contributed by atoms with Crippen molar-refractivity contribution >= 4 is 12.0 Å². The van der Waals surface area contributed by atoms with Crippen LogP contribution in [0.1, 0.15) is 19.8 Å². The van der Waals surface area contributed by atoms with Crippen molar-refractivity contribution in [2.75, 3.05) is 20.2 Å². The molecule has 0 aromatic heterocycles. The normalized spacial score (nSPS) is 14.7. The summed E-state index contributed by atoms with van der Waals surface area (Å²) in [5, 5.41) is 2.79. The molecule has 1 aliphatic rings. The molecule has 2 amide bonds. The summed E-state index contributed by atoms with van der Waals surface area (Å²) >= 11 is 0. The maximum atomic E-state index is 11.3. The van der Waals surface area contributed by atoms with E-state index in [4.69, 9.17) is 4.74 Å². The van der Waals surface area contributed by atoms with Crippen molar-refractivity contribution in [3.05, 3.63) is 0 Å². The maximum Gasteiger partial charge on any atom is 0.409 e. The molecule has 0 radical (unpaired) electrons. The zero-order valence-corrected chi connectivity index (χ0v) is 8.58. The predicted octanol–water partition coefficient (Wildman–Crippen LogP) is 0.353. The van der Waals surface area contributed by atoms with Crippen LogP contribution in [0.4, 0.5) is 4.79 Å². The highest BCUT2D eigenvalue weighted by atomic mass is 16.6. The zero-order chi connectivity index (χ0) is 10.6. The van der Waals surface area contributed by atoms with Crippen molar-refractivity contribution < 1.29 is 14.3 Å². The Morgan fingerprint density at radius 2 is 2.14 bits per heavy atom. The van der Waals surface area contributed by atoms with Crippen molar-refractivity contribution in [2.24, 2.45) is 0 Å². The number of nitrogens with one attached hydrogen (secondary N) is 1. The number of likely N-dealkylation sites (N-methyl/N-ethyl adjacent to an activating group) is 1. The zero-order valence-electron chi connectivity index (χ0n) is 8.58. The van der Waals surface area contributed by atoms with E-state index in [1.54, 1.807) is 14.0 Å². The summed E-state index contributed by atoms with van der Waals surface area (Å²) < 4.78 is 4.73. The van der Waals surface area contributed by atoms with Gasteiger partial charge in [0, 0.05) is 13.1 Å². The molecular weight excluding hydrogens is 184 g/mol. The van der Waals surface area contributed by atoms with E-state index in [2.05, 4.69) is 5.32 Å². The molecule has 0 saturated heterocycles. The fraction of sp³-hybridized carbons (Fsp3) is 0.778. The molecule has 5 heteroatoms. The van der Waals surface area contributed by atoms with Gasteiger partial charge in [-0.1, -0.05) is 0 Å². The molecule has 0 atom stereocenters. The number of ether oxygens (including phenoxy) is 1. The minimum Gasteiger partial charge on any atom is -0.450 e. The lowest BCUT2D eigenvalue weighted by Crippen LogP contribution is -2.39. The summed E-state index contributed by atoms with van der Waals surface area (Å²) in [5.41, 5.74) is 0. The van der Waals surface area contributed by atoms with Crippen LogP contribution in [0.15, 0.2) is 0 Å². The molecule has 0 aromatic carbocycles. The van der Waals surface area contributed by atoms with Gasteiger partial charge in [-0.2, -0.15) is 0 Å². The van der Waals surface area contributed by atoms with Crippen LogP contribution < -0.4 is 5.32 Å². The van der Waals surface area contributed by atoms with Crippen LogP contribution in [0.3, 0.4) is 0 Å². The van der Waals surface area contributed by atoms with Crippen LogP contribution in [0.25, 0.3) is 0 Å². The van der Waals surface area contributed by atoms with E-state index in [0.29, 0.717) is 12.6 Å². The van der Waals surface area contributed by atoms with Crippen molar-refractivity contribution in [1.29, 1.82) is 0 Å². The average molecular weight is 200 g/mol. The number of hydrogen-bond donors (Lipinski definition) is 1. The third-order valence-electron chi connectivity index (χ3n) is 1.90. The average Bonchev–Trinajstić information content (AvgIpc) is 2.88. The molecule has 0 aliphatic heterocycles. The molecule has 0 aromatic rings. The van der Waals surface area contributed by atoms with E-state index in [1.165, 1.54) is 4.90 Å². The number of rotatable bonds is 4. The van der Waals surface area contributed by atoms with Crippen LogP contribution in [0, 0.1) is 0 Å². The minimum absolute atomic E-state index is 0.0648. The first-order chi connectivity index (χ1) is 6.63. The Kier molecular flexibility index (Phi) is 3.73. The summed E-state index contributed by atoms with van der Waals surface area (Å²) in [7, 11) is 1.55. The molecule has 1 rings (SSSR count). The van der Waals surface area contributed by atoms with Gasteiger partial charge in [0.25, 0.3) is 0 Å². The van der Waals surface area contributed by atoms with Gasteiger partial charge < -0.3 is 15.0 Å². The molecule has 0 spiro atoms. The highest BCUT2D eigenvalue weighted by Gasteiger charge is 2.24. The Bertz CT molecular complexity index is 226. The minimum atomic E-state index is -0.460. The van der Waals surface area contributed by atoms with Crippen LogP contribution >= 0.6 is 0 Å². The lowest BCUT2D eigenvalue weighted by molar-refractivity contribution is -0.121. The highest BCUT2D eigenvalue weighted by Crippen LogP contribution is 2.18. The summed E-state index contributed by atoms with van der Waals surface area (Å²) in [6.07, 6.45) is 1.64. The van der Waals surface area contributed by atoms with E-state index in [1.807, 2.05) is 0 Å². The van der Waals surface area contributed by atoms with Gasteiger partial charge in [-0.15, -0.1) is 0 Å². The molecule has 80 valence electrons. The second kappa shape index (κ2) is 4.83. The maximum absolute atomic E-state index is 11.3. The van der Waals surface area contributed by atoms with Gasteiger partial charge in [0.05, 0.1) is 6.61 Å².